The van der Waals surface area contributed by atoms with Crippen molar-refractivity contribution >= 4 is 28.5 Å². The molecule has 2 aliphatic rings. The third-order valence-electron chi connectivity index (χ3n) is 8.08. The first-order chi connectivity index (χ1) is 17.5. The molecule has 194 valence electrons. The summed E-state index contributed by atoms with van der Waals surface area (Å²) in [5.41, 5.74) is 2.70. The molecule has 2 fully saturated rings. The summed E-state index contributed by atoms with van der Waals surface area (Å²) < 4.78 is 1.59. The van der Waals surface area contributed by atoms with Gasteiger partial charge < -0.3 is 10.2 Å². The Morgan fingerprint density at radius 1 is 1.11 bits per heavy atom. The molecule has 1 aliphatic carbocycles. The van der Waals surface area contributed by atoms with Crippen molar-refractivity contribution in [1.82, 2.24) is 30.0 Å². The lowest BCUT2D eigenvalue weighted by Gasteiger charge is -2.29. The van der Waals surface area contributed by atoms with Crippen molar-refractivity contribution in [3.63, 3.8) is 0 Å². The molecule has 1 saturated carbocycles. The number of hydrogen-bond acceptors (Lipinski definition) is 6. The minimum absolute atomic E-state index is 0.0134. The Bertz CT molecular complexity index is 1390. The van der Waals surface area contributed by atoms with Crippen molar-refractivity contribution in [2.45, 2.75) is 79.1 Å². The van der Waals surface area contributed by atoms with Gasteiger partial charge >= 0.3 is 0 Å². The molecule has 5 rings (SSSR count). The van der Waals surface area contributed by atoms with Gasteiger partial charge in [-0.05, 0) is 55.7 Å². The van der Waals surface area contributed by atoms with Crippen molar-refractivity contribution in [2.75, 3.05) is 0 Å². The molecule has 0 spiro atoms. The number of ketones is 1. The molecule has 9 nitrogen and oxygen atoms in total. The first-order valence-electron chi connectivity index (χ1n) is 12.9. The number of nitrogens with one attached hydrogen (secondary N) is 1. The van der Waals surface area contributed by atoms with E-state index in [1.54, 1.807) is 22.0 Å². The number of amides is 2. The van der Waals surface area contributed by atoms with Crippen LogP contribution < -0.4 is 5.32 Å². The van der Waals surface area contributed by atoms with Crippen molar-refractivity contribution in [3.8, 4) is 11.1 Å². The largest absolute Gasteiger partial charge is 0.352 e. The van der Waals surface area contributed by atoms with E-state index >= 15 is 0 Å². The van der Waals surface area contributed by atoms with Crippen molar-refractivity contribution < 1.29 is 14.4 Å². The normalized spacial score (nSPS) is 23.3. The van der Waals surface area contributed by atoms with Crippen LogP contribution in [0.25, 0.3) is 22.0 Å². The Kier molecular flexibility index (Phi) is 6.12. The molecule has 1 unspecified atom stereocenters. The molecule has 2 aromatic heterocycles. The molecular weight excluding hydrogens is 468 g/mol. The fourth-order valence-corrected chi connectivity index (χ4v) is 5.34. The fraction of sp³-hybridized carbons (Fsp3) is 0.500. The summed E-state index contributed by atoms with van der Waals surface area (Å²) in [6, 6.07) is 5.28. The predicted octanol–water partition coefficient (Wildman–Crippen LogP) is 3.54. The zero-order valence-corrected chi connectivity index (χ0v) is 22.3. The van der Waals surface area contributed by atoms with Crippen LogP contribution in [-0.4, -0.2) is 60.4 Å². The van der Waals surface area contributed by atoms with Gasteiger partial charge in [0, 0.05) is 42.4 Å². The van der Waals surface area contributed by atoms with Crippen LogP contribution in [0, 0.1) is 18.3 Å². The number of Topliss-reactive ketones (excluding diaryl/α,β-unsaturated/α-hetero) is 1. The Morgan fingerprint density at radius 3 is 2.46 bits per heavy atom. The number of carbonyl (C=O) groups is 3. The SMILES string of the molecule is CC(=O)c1nn(CC(=O)N2[C@H](C(=O)NC(C)C(C)C)C[C@@]3(C)C[C@@H]23)c2ccc(-c3cnc(C)nc3)cc12. The standard InChI is InChI=1S/C28H34N6O3/c1-15(2)16(3)31-27(37)23-10-28(6)11-24(28)34(23)25(36)14-33-22-8-7-19(20-12-29-18(5)30-13-20)9-21(22)26(32-33)17(4)35/h7-9,12-13,15-16,23-24H,10-11,14H2,1-6H3,(H,31,37)/t16?,23-,24+,28-/m0/s1. The smallest absolute Gasteiger partial charge is 0.245 e. The lowest BCUT2D eigenvalue weighted by atomic mass is 10.0. The van der Waals surface area contributed by atoms with Crippen LogP contribution in [0.2, 0.25) is 0 Å². The molecule has 0 bridgehead atoms. The van der Waals surface area contributed by atoms with E-state index in [1.165, 1.54) is 6.92 Å². The Labute approximate surface area is 216 Å². The van der Waals surface area contributed by atoms with E-state index in [2.05, 4.69) is 41.2 Å². The summed E-state index contributed by atoms with van der Waals surface area (Å²) in [5.74, 6) is 0.558. The second-order valence-corrected chi connectivity index (χ2v) is 11.2. The number of benzene rings is 1. The number of hydrogen-bond donors (Lipinski definition) is 1. The first-order valence-corrected chi connectivity index (χ1v) is 12.9. The number of aromatic nitrogens is 4. The summed E-state index contributed by atoms with van der Waals surface area (Å²) in [6.45, 7) is 11.5. The maximum Gasteiger partial charge on any atom is 0.245 e. The molecule has 2 amide bonds. The number of piperidine rings is 1. The minimum atomic E-state index is -0.486. The monoisotopic (exact) mass is 502 g/mol. The van der Waals surface area contributed by atoms with Crippen molar-refractivity contribution in [3.05, 3.63) is 42.1 Å². The quantitative estimate of drug-likeness (QED) is 0.495. The summed E-state index contributed by atoms with van der Waals surface area (Å²) in [4.78, 5) is 49.6. The topological polar surface area (TPSA) is 110 Å². The van der Waals surface area contributed by atoms with Gasteiger partial charge in [-0.15, -0.1) is 0 Å². The van der Waals surface area contributed by atoms with E-state index in [4.69, 9.17) is 0 Å². The molecule has 3 heterocycles. The number of likely N-dealkylation sites (tertiary alicyclic amines) is 1. The van der Waals surface area contributed by atoms with Gasteiger partial charge in [-0.1, -0.05) is 26.8 Å². The second-order valence-electron chi connectivity index (χ2n) is 11.2. The van der Waals surface area contributed by atoms with E-state index < -0.39 is 6.04 Å². The average molecular weight is 503 g/mol. The van der Waals surface area contributed by atoms with E-state index in [9.17, 15) is 14.4 Å². The number of nitrogens with zero attached hydrogens (tertiary/aromatic N) is 5. The molecule has 9 heteroatoms. The number of fused-ring (bicyclic) bond motifs is 2. The lowest BCUT2D eigenvalue weighted by molar-refractivity contribution is -0.140. The zero-order valence-electron chi connectivity index (χ0n) is 22.3. The summed E-state index contributed by atoms with van der Waals surface area (Å²) >= 11 is 0. The second kappa shape index (κ2) is 9.04. The van der Waals surface area contributed by atoms with Crippen LogP contribution in [0.5, 0.6) is 0 Å². The molecule has 37 heavy (non-hydrogen) atoms. The van der Waals surface area contributed by atoms with Gasteiger partial charge in [-0.3, -0.25) is 19.1 Å². The molecule has 1 aliphatic heterocycles. The van der Waals surface area contributed by atoms with Crippen molar-refractivity contribution in [2.24, 2.45) is 11.3 Å². The predicted molar refractivity (Wildman–Crippen MR) is 140 cm³/mol. The maximum atomic E-state index is 13.7. The van der Waals surface area contributed by atoms with Crippen LogP contribution >= 0.6 is 0 Å². The van der Waals surface area contributed by atoms with Gasteiger partial charge in [0.1, 0.15) is 24.1 Å². The Morgan fingerprint density at radius 2 is 1.81 bits per heavy atom. The highest BCUT2D eigenvalue weighted by molar-refractivity contribution is 6.06. The van der Waals surface area contributed by atoms with Gasteiger partial charge in [0.05, 0.1) is 5.52 Å². The van der Waals surface area contributed by atoms with Gasteiger partial charge in [0.25, 0.3) is 0 Å². The van der Waals surface area contributed by atoms with E-state index in [-0.39, 0.29) is 41.6 Å². The van der Waals surface area contributed by atoms with Crippen LogP contribution in [-0.2, 0) is 16.1 Å². The lowest BCUT2D eigenvalue weighted by Crippen LogP contribution is -2.51. The first kappa shape index (κ1) is 25.0. The molecule has 3 aromatic rings. The molecule has 0 radical (unpaired) electrons. The zero-order chi connectivity index (χ0) is 26.6. The summed E-state index contributed by atoms with van der Waals surface area (Å²) in [7, 11) is 0. The average Bonchev–Trinajstić information content (AvgIpc) is 3.22. The molecule has 1 aromatic carbocycles. The van der Waals surface area contributed by atoms with Crippen LogP contribution in [0.3, 0.4) is 0 Å². The van der Waals surface area contributed by atoms with Gasteiger partial charge in [0.2, 0.25) is 11.8 Å². The molecule has 1 saturated heterocycles. The van der Waals surface area contributed by atoms with E-state index in [0.717, 1.165) is 17.5 Å². The maximum absolute atomic E-state index is 13.7. The number of rotatable bonds is 7. The van der Waals surface area contributed by atoms with Crippen LogP contribution in [0.1, 0.15) is 63.8 Å². The highest BCUT2D eigenvalue weighted by Crippen LogP contribution is 2.59. The fourth-order valence-electron chi connectivity index (χ4n) is 5.34. The van der Waals surface area contributed by atoms with Gasteiger partial charge in [0.15, 0.2) is 5.78 Å². The molecule has 4 atom stereocenters. The third kappa shape index (κ3) is 4.51. The van der Waals surface area contributed by atoms with Crippen LogP contribution in [0.15, 0.2) is 30.6 Å². The summed E-state index contributed by atoms with van der Waals surface area (Å²) in [5, 5.41) is 8.30. The minimum Gasteiger partial charge on any atom is -0.352 e. The van der Waals surface area contributed by atoms with Gasteiger partial charge in [-0.25, -0.2) is 9.97 Å². The third-order valence-corrected chi connectivity index (χ3v) is 8.08. The molecule has 1 N–H and O–H groups in total. The number of carbonyl (C=O) groups excluding carboxylic acids is 3. The van der Waals surface area contributed by atoms with Crippen LogP contribution in [0.4, 0.5) is 0 Å². The molecular formula is C28H34N6O3. The van der Waals surface area contributed by atoms with E-state index in [0.29, 0.717) is 34.8 Å². The van der Waals surface area contributed by atoms with E-state index in [1.807, 2.05) is 32.0 Å². The Hall–Kier alpha value is -3.62. The number of aryl methyl sites for hydroxylation is 1. The highest BCUT2D eigenvalue weighted by Gasteiger charge is 2.64. The van der Waals surface area contributed by atoms with Gasteiger partial charge in [-0.2, -0.15) is 5.10 Å². The Balaban J connectivity index is 1.44. The van der Waals surface area contributed by atoms with Crippen molar-refractivity contribution in [1.29, 1.82) is 0 Å². The summed E-state index contributed by atoms with van der Waals surface area (Å²) in [6.07, 6.45) is 5.07. The highest BCUT2D eigenvalue weighted by atomic mass is 16.2.